The normalized spacial score (nSPS) is 11.1. The molecule has 0 aliphatic carbocycles. The van der Waals surface area contributed by atoms with E-state index in [0.717, 1.165) is 18.2 Å². The van der Waals surface area contributed by atoms with Crippen LogP contribution in [0.25, 0.3) is 11.6 Å². The van der Waals surface area contributed by atoms with Gasteiger partial charge in [0.25, 0.3) is 0 Å². The zero-order chi connectivity index (χ0) is 17.9. The smallest absolute Gasteiger partial charge is 0.336 e. The summed E-state index contributed by atoms with van der Waals surface area (Å²) in [6, 6.07) is 8.00. The Labute approximate surface area is 136 Å². The number of aliphatic carboxylic acids is 1. The van der Waals surface area contributed by atoms with Crippen molar-refractivity contribution in [2.24, 2.45) is 0 Å². The average Bonchev–Trinajstić information content (AvgIpc) is 2.53. The average molecular weight is 331 g/mol. The van der Waals surface area contributed by atoms with Gasteiger partial charge in [-0.15, -0.1) is 0 Å². The minimum absolute atomic E-state index is 0.122. The Morgan fingerprint density at radius 2 is 1.88 bits per heavy atom. The number of benzene rings is 2. The van der Waals surface area contributed by atoms with Crippen LogP contribution in [0.3, 0.4) is 0 Å². The molecule has 8 heteroatoms. The predicted molar refractivity (Wildman–Crippen MR) is 84.9 cm³/mol. The zero-order valence-electron chi connectivity index (χ0n) is 12.5. The maximum absolute atomic E-state index is 11.6. The lowest BCUT2D eigenvalue weighted by Gasteiger charge is -2.09. The molecule has 124 valence electrons. The van der Waals surface area contributed by atoms with Crippen molar-refractivity contribution in [1.29, 1.82) is 0 Å². The molecule has 2 rings (SSSR count). The number of nitro groups is 1. The van der Waals surface area contributed by atoms with E-state index in [2.05, 4.69) is 0 Å². The Morgan fingerprint density at radius 1 is 1.21 bits per heavy atom. The largest absolute Gasteiger partial charge is 0.507 e. The Hall–Kier alpha value is -3.55. The molecule has 24 heavy (non-hydrogen) atoms. The molecule has 0 aliphatic heterocycles. The maximum atomic E-state index is 11.6. The fraction of sp³-hybridized carbons (Fsp3) is 0.0625. The first kappa shape index (κ1) is 16.8. The van der Waals surface area contributed by atoms with E-state index >= 15 is 0 Å². The molecule has 0 amide bonds. The van der Waals surface area contributed by atoms with Gasteiger partial charge in [0.15, 0.2) is 5.75 Å². The summed E-state index contributed by atoms with van der Waals surface area (Å²) >= 11 is 0. The minimum Gasteiger partial charge on any atom is -0.507 e. The first-order valence-corrected chi connectivity index (χ1v) is 6.64. The predicted octanol–water partition coefficient (Wildman–Crippen LogP) is 2.64. The highest BCUT2D eigenvalue weighted by Crippen LogP contribution is 2.36. The highest BCUT2D eigenvalue weighted by atomic mass is 16.6. The van der Waals surface area contributed by atoms with E-state index in [4.69, 9.17) is 4.74 Å². The third kappa shape index (κ3) is 3.27. The lowest BCUT2D eigenvalue weighted by atomic mass is 10.0. The number of carboxylic acid groups (broad SMARTS) is 1. The number of phenols is 2. The molecule has 0 fully saturated rings. The molecule has 0 saturated heterocycles. The molecule has 2 aromatic rings. The summed E-state index contributed by atoms with van der Waals surface area (Å²) in [6.45, 7) is 0. The van der Waals surface area contributed by atoms with Crippen LogP contribution in [0, 0.1) is 10.1 Å². The highest BCUT2D eigenvalue weighted by Gasteiger charge is 2.20. The van der Waals surface area contributed by atoms with E-state index in [0.29, 0.717) is 5.75 Å². The second-order valence-electron chi connectivity index (χ2n) is 4.72. The number of carbonyl (C=O) groups is 1. The molecule has 3 N–H and O–H groups in total. The van der Waals surface area contributed by atoms with Crippen LogP contribution in [0.2, 0.25) is 0 Å². The second kappa shape index (κ2) is 6.69. The summed E-state index contributed by atoms with van der Waals surface area (Å²) in [5, 5.41) is 39.6. The topological polar surface area (TPSA) is 130 Å². The van der Waals surface area contributed by atoms with Crippen molar-refractivity contribution in [3.8, 4) is 17.2 Å². The van der Waals surface area contributed by atoms with Crippen molar-refractivity contribution in [2.45, 2.75) is 0 Å². The van der Waals surface area contributed by atoms with Crippen LogP contribution < -0.4 is 4.74 Å². The van der Waals surface area contributed by atoms with Crippen LogP contribution in [-0.2, 0) is 4.79 Å². The number of nitro benzene ring substituents is 1. The lowest BCUT2D eigenvalue weighted by Crippen LogP contribution is -2.02. The lowest BCUT2D eigenvalue weighted by molar-refractivity contribution is -0.385. The van der Waals surface area contributed by atoms with E-state index in [1.807, 2.05) is 0 Å². The van der Waals surface area contributed by atoms with Gasteiger partial charge in [-0.2, -0.15) is 0 Å². The van der Waals surface area contributed by atoms with Gasteiger partial charge in [0.2, 0.25) is 0 Å². The molecule has 0 atom stereocenters. The number of ether oxygens (including phenoxy) is 1. The van der Waals surface area contributed by atoms with Crippen molar-refractivity contribution in [3.63, 3.8) is 0 Å². The summed E-state index contributed by atoms with van der Waals surface area (Å²) in [6.07, 6.45) is 1.07. The van der Waals surface area contributed by atoms with Gasteiger partial charge in [0, 0.05) is 23.3 Å². The van der Waals surface area contributed by atoms with E-state index in [9.17, 15) is 30.2 Å². The summed E-state index contributed by atoms with van der Waals surface area (Å²) in [5.41, 5.74) is -0.767. The molecule has 0 aliphatic rings. The number of nitrogens with zero attached hydrogens (tertiary/aromatic N) is 1. The van der Waals surface area contributed by atoms with Crippen LogP contribution in [-0.4, -0.2) is 33.3 Å². The molecule has 0 spiro atoms. The third-order valence-electron chi connectivity index (χ3n) is 3.25. The van der Waals surface area contributed by atoms with E-state index in [1.165, 1.54) is 13.2 Å². The van der Waals surface area contributed by atoms with Gasteiger partial charge in [-0.05, 0) is 12.1 Å². The van der Waals surface area contributed by atoms with Gasteiger partial charge in [0.05, 0.1) is 17.6 Å². The maximum Gasteiger partial charge on any atom is 0.336 e. The standard InChI is InChI=1S/C16H13NO7/c1-24-15-5-3-2-4-10(15)11(16(20)21)6-9-7-12(17(22)23)14(19)8-13(9)18/h2-8,18-19H,1H3,(H,20,21)/b11-6-. The number of phenolic OH excluding ortho intramolecular Hbond substituents is 2. The Balaban J connectivity index is 2.67. The van der Waals surface area contributed by atoms with Gasteiger partial charge < -0.3 is 20.1 Å². The van der Waals surface area contributed by atoms with Gasteiger partial charge in [0.1, 0.15) is 11.5 Å². The van der Waals surface area contributed by atoms with Crippen LogP contribution in [0.4, 0.5) is 5.69 Å². The van der Waals surface area contributed by atoms with E-state index in [1.54, 1.807) is 18.2 Å². The van der Waals surface area contributed by atoms with Crippen molar-refractivity contribution in [3.05, 3.63) is 57.6 Å². The van der Waals surface area contributed by atoms with E-state index < -0.39 is 28.1 Å². The Kier molecular flexibility index (Phi) is 4.69. The fourth-order valence-electron chi connectivity index (χ4n) is 2.12. The molecular weight excluding hydrogens is 318 g/mol. The monoisotopic (exact) mass is 331 g/mol. The summed E-state index contributed by atoms with van der Waals surface area (Å²) in [7, 11) is 1.38. The van der Waals surface area contributed by atoms with Crippen LogP contribution >= 0.6 is 0 Å². The molecule has 0 aromatic heterocycles. The number of aromatic hydroxyl groups is 2. The van der Waals surface area contributed by atoms with Crippen LogP contribution in [0.5, 0.6) is 17.2 Å². The Morgan fingerprint density at radius 3 is 2.46 bits per heavy atom. The molecule has 0 saturated carbocycles. The molecule has 0 unspecified atom stereocenters. The van der Waals surface area contributed by atoms with Gasteiger partial charge in [-0.1, -0.05) is 18.2 Å². The minimum atomic E-state index is -1.31. The first-order valence-electron chi connectivity index (χ1n) is 6.64. The third-order valence-corrected chi connectivity index (χ3v) is 3.25. The SMILES string of the molecule is COc1ccccc1/C(=C/c1cc([N+](=O)[O-])c(O)cc1O)C(=O)O. The van der Waals surface area contributed by atoms with Gasteiger partial charge >= 0.3 is 11.7 Å². The molecule has 0 bridgehead atoms. The van der Waals surface area contributed by atoms with Crippen molar-refractivity contribution in [1.82, 2.24) is 0 Å². The quantitative estimate of drug-likeness (QED) is 0.332. The number of para-hydroxylation sites is 1. The number of carboxylic acids is 1. The van der Waals surface area contributed by atoms with Crippen molar-refractivity contribution < 1.29 is 29.8 Å². The summed E-state index contributed by atoms with van der Waals surface area (Å²) < 4.78 is 5.11. The Bertz CT molecular complexity index is 842. The summed E-state index contributed by atoms with van der Waals surface area (Å²) in [5.74, 6) is -2.23. The number of methoxy groups -OCH3 is 1. The van der Waals surface area contributed by atoms with Crippen LogP contribution in [0.15, 0.2) is 36.4 Å². The number of hydrogen-bond donors (Lipinski definition) is 3. The van der Waals surface area contributed by atoms with Gasteiger partial charge in [-0.25, -0.2) is 4.79 Å². The van der Waals surface area contributed by atoms with Crippen LogP contribution in [0.1, 0.15) is 11.1 Å². The summed E-state index contributed by atoms with van der Waals surface area (Å²) in [4.78, 5) is 21.6. The molecule has 2 aromatic carbocycles. The molecule has 8 nitrogen and oxygen atoms in total. The molecular formula is C16H13NO7. The zero-order valence-corrected chi connectivity index (χ0v) is 12.5. The second-order valence-corrected chi connectivity index (χ2v) is 4.72. The van der Waals surface area contributed by atoms with Crippen molar-refractivity contribution in [2.75, 3.05) is 7.11 Å². The fourth-order valence-corrected chi connectivity index (χ4v) is 2.12. The molecule has 0 heterocycles. The van der Waals surface area contributed by atoms with Gasteiger partial charge in [-0.3, -0.25) is 10.1 Å². The number of hydrogen-bond acceptors (Lipinski definition) is 6. The van der Waals surface area contributed by atoms with Crippen molar-refractivity contribution >= 4 is 23.3 Å². The first-order chi connectivity index (χ1) is 11.3. The number of rotatable bonds is 5. The van der Waals surface area contributed by atoms with E-state index in [-0.39, 0.29) is 16.7 Å². The highest BCUT2D eigenvalue weighted by molar-refractivity contribution is 6.21. The molecule has 0 radical (unpaired) electrons.